The molecule has 22 heavy (non-hydrogen) atoms. The average molecular weight is 317 g/mol. The van der Waals surface area contributed by atoms with Gasteiger partial charge in [-0.2, -0.15) is 5.10 Å². The average Bonchev–Trinajstić information content (AvgIpc) is 3.01. The first kappa shape index (κ1) is 15.3. The zero-order valence-electron chi connectivity index (χ0n) is 13.0. The number of amides is 1. The number of fused-ring (bicyclic) bond motifs is 2. The number of halogens is 1. The Morgan fingerprint density at radius 3 is 2.82 bits per heavy atom. The van der Waals surface area contributed by atoms with Crippen LogP contribution in [0.3, 0.4) is 0 Å². The van der Waals surface area contributed by atoms with Crippen LogP contribution in [0.4, 0.5) is 0 Å². The lowest BCUT2D eigenvalue weighted by atomic mass is 9.68. The first-order valence-corrected chi connectivity index (χ1v) is 8.03. The van der Waals surface area contributed by atoms with Gasteiger partial charge in [-0.3, -0.25) is 4.79 Å². The summed E-state index contributed by atoms with van der Waals surface area (Å²) in [6, 6.07) is 7.41. The van der Waals surface area contributed by atoms with E-state index in [1.165, 1.54) is 0 Å². The summed E-state index contributed by atoms with van der Waals surface area (Å²) in [5, 5.41) is 4.71. The van der Waals surface area contributed by atoms with Gasteiger partial charge in [-0.1, -0.05) is 55.8 Å². The van der Waals surface area contributed by atoms with Gasteiger partial charge in [0.1, 0.15) is 0 Å². The van der Waals surface area contributed by atoms with Gasteiger partial charge in [0.05, 0.1) is 11.6 Å². The van der Waals surface area contributed by atoms with Gasteiger partial charge >= 0.3 is 0 Å². The number of rotatable bonds is 3. The second-order valence-corrected chi connectivity index (χ2v) is 7.35. The second kappa shape index (κ2) is 5.24. The van der Waals surface area contributed by atoms with Crippen molar-refractivity contribution in [2.75, 3.05) is 0 Å². The topological polar surface area (TPSA) is 41.5 Å². The number of benzene rings is 1. The molecule has 2 aliphatic carbocycles. The minimum Gasteiger partial charge on any atom is -0.272 e. The molecule has 2 fully saturated rings. The van der Waals surface area contributed by atoms with Crippen molar-refractivity contribution in [1.82, 2.24) is 5.43 Å². The third-order valence-corrected chi connectivity index (χ3v) is 5.94. The summed E-state index contributed by atoms with van der Waals surface area (Å²) in [6.45, 7) is 8.62. The van der Waals surface area contributed by atoms with Gasteiger partial charge in [0.15, 0.2) is 0 Å². The predicted molar refractivity (Wildman–Crippen MR) is 89.9 cm³/mol. The van der Waals surface area contributed by atoms with E-state index in [1.807, 2.05) is 18.2 Å². The quantitative estimate of drug-likeness (QED) is 0.507. The van der Waals surface area contributed by atoms with E-state index < -0.39 is 5.41 Å². The van der Waals surface area contributed by atoms with E-state index in [1.54, 1.807) is 12.3 Å². The molecule has 116 valence electrons. The number of hydrogen-bond donors (Lipinski definition) is 1. The zero-order chi connectivity index (χ0) is 16.0. The molecule has 0 aliphatic heterocycles. The van der Waals surface area contributed by atoms with E-state index in [0.717, 1.165) is 30.4 Å². The van der Waals surface area contributed by atoms with Crippen LogP contribution in [0.25, 0.3) is 0 Å². The number of hydrazone groups is 1. The van der Waals surface area contributed by atoms with Gasteiger partial charge < -0.3 is 0 Å². The van der Waals surface area contributed by atoms with Crippen LogP contribution in [0.1, 0.15) is 38.7 Å². The molecule has 3 rings (SSSR count). The predicted octanol–water partition coefficient (Wildman–Crippen LogP) is 4.17. The molecule has 1 N–H and O–H groups in total. The first-order chi connectivity index (χ1) is 10.4. The number of hydrogen-bond acceptors (Lipinski definition) is 2. The molecule has 1 aromatic carbocycles. The number of nitrogens with zero attached hydrogens (tertiary/aromatic N) is 1. The highest BCUT2D eigenvalue weighted by molar-refractivity contribution is 6.33. The Bertz CT molecular complexity index is 665. The molecular weight excluding hydrogens is 296 g/mol. The molecule has 1 amide bonds. The molecule has 2 aliphatic rings. The molecule has 0 heterocycles. The van der Waals surface area contributed by atoms with Gasteiger partial charge in [-0.05, 0) is 36.7 Å². The van der Waals surface area contributed by atoms with E-state index in [9.17, 15) is 4.79 Å². The first-order valence-electron chi connectivity index (χ1n) is 7.66. The maximum absolute atomic E-state index is 12.7. The fraction of sp³-hybridized carbons (Fsp3) is 0.444. The smallest absolute Gasteiger partial charge is 0.250 e. The van der Waals surface area contributed by atoms with E-state index in [2.05, 4.69) is 31.0 Å². The van der Waals surface area contributed by atoms with Gasteiger partial charge in [0, 0.05) is 10.6 Å². The van der Waals surface area contributed by atoms with Crippen molar-refractivity contribution >= 4 is 23.7 Å². The maximum Gasteiger partial charge on any atom is 0.250 e. The van der Waals surface area contributed by atoms with Crippen molar-refractivity contribution < 1.29 is 4.79 Å². The highest BCUT2D eigenvalue weighted by Gasteiger charge is 2.60. The Labute approximate surface area is 136 Å². The van der Waals surface area contributed by atoms with Gasteiger partial charge in [-0.15, -0.1) is 0 Å². The van der Waals surface area contributed by atoms with Crippen LogP contribution in [0.5, 0.6) is 0 Å². The van der Waals surface area contributed by atoms with Gasteiger partial charge in [0.2, 0.25) is 5.91 Å². The molecule has 2 bridgehead atoms. The molecule has 0 spiro atoms. The monoisotopic (exact) mass is 316 g/mol. The molecule has 3 nitrogen and oxygen atoms in total. The summed E-state index contributed by atoms with van der Waals surface area (Å²) in [5.74, 6) is 0.521. The minimum atomic E-state index is -0.439. The molecule has 0 radical (unpaired) electrons. The van der Waals surface area contributed by atoms with Crippen LogP contribution in [0, 0.1) is 16.7 Å². The van der Waals surface area contributed by atoms with Crippen LogP contribution < -0.4 is 5.43 Å². The third-order valence-electron chi connectivity index (χ3n) is 5.60. The van der Waals surface area contributed by atoms with Crippen molar-refractivity contribution in [3.63, 3.8) is 0 Å². The molecule has 4 heteroatoms. The molecule has 0 saturated heterocycles. The van der Waals surface area contributed by atoms with Crippen molar-refractivity contribution in [3.05, 3.63) is 47.0 Å². The molecule has 0 aromatic heterocycles. The third kappa shape index (κ3) is 2.19. The number of nitrogens with one attached hydrogen (secondary N) is 1. The summed E-state index contributed by atoms with van der Waals surface area (Å²) >= 11 is 6.07. The summed E-state index contributed by atoms with van der Waals surface area (Å²) in [4.78, 5) is 12.7. The minimum absolute atomic E-state index is 0.0334. The van der Waals surface area contributed by atoms with Crippen LogP contribution in [-0.2, 0) is 4.79 Å². The Morgan fingerprint density at radius 2 is 2.18 bits per heavy atom. The Hall–Kier alpha value is -1.61. The summed E-state index contributed by atoms with van der Waals surface area (Å²) in [6.07, 6.45) is 4.46. The lowest BCUT2D eigenvalue weighted by Gasteiger charge is -2.36. The normalized spacial score (nSPS) is 29.2. The number of carbonyl (C=O) groups excluding carboxylic acids is 1. The maximum atomic E-state index is 12.7. The summed E-state index contributed by atoms with van der Waals surface area (Å²) < 4.78 is 0. The molecule has 1 unspecified atom stereocenters. The highest BCUT2D eigenvalue weighted by Crippen LogP contribution is 2.65. The van der Waals surface area contributed by atoms with Crippen LogP contribution in [0.15, 0.2) is 41.5 Å². The van der Waals surface area contributed by atoms with Gasteiger partial charge in [0.25, 0.3) is 0 Å². The Morgan fingerprint density at radius 1 is 1.45 bits per heavy atom. The van der Waals surface area contributed by atoms with Gasteiger partial charge in [-0.25, -0.2) is 5.43 Å². The van der Waals surface area contributed by atoms with Crippen LogP contribution in [0.2, 0.25) is 5.02 Å². The molecule has 2 saturated carbocycles. The van der Waals surface area contributed by atoms with E-state index in [4.69, 9.17) is 11.6 Å². The van der Waals surface area contributed by atoms with Crippen molar-refractivity contribution in [2.24, 2.45) is 21.8 Å². The summed E-state index contributed by atoms with van der Waals surface area (Å²) in [5.41, 5.74) is 4.15. The molecule has 1 aromatic rings. The zero-order valence-corrected chi connectivity index (χ0v) is 13.8. The van der Waals surface area contributed by atoms with E-state index >= 15 is 0 Å². The lowest BCUT2D eigenvalue weighted by Crippen LogP contribution is -2.39. The summed E-state index contributed by atoms with van der Waals surface area (Å²) in [7, 11) is 0. The molecular formula is C18H21ClN2O. The Kier molecular flexibility index (Phi) is 3.64. The van der Waals surface area contributed by atoms with Crippen LogP contribution >= 0.6 is 11.6 Å². The number of carbonyl (C=O) groups is 1. The largest absolute Gasteiger partial charge is 0.272 e. The van der Waals surface area contributed by atoms with Crippen LogP contribution in [-0.4, -0.2) is 12.1 Å². The second-order valence-electron chi connectivity index (χ2n) is 6.94. The molecule has 2 atom stereocenters. The standard InChI is InChI=1S/C18H21ClN2O/c1-12-17(2,3)14-8-9-18(12,10-14)16(22)21-20-11-13-6-4-5-7-15(13)19/h4-7,11,14H,1,8-10H2,2-3H3,(H,21,22)/b20-11-/t14?,18-/m1/s1. The highest BCUT2D eigenvalue weighted by atomic mass is 35.5. The van der Waals surface area contributed by atoms with E-state index in [-0.39, 0.29) is 11.3 Å². The Balaban J connectivity index is 1.73. The fourth-order valence-electron chi connectivity index (χ4n) is 3.99. The SMILES string of the molecule is C=C1C(C)(C)C2CC[C@@]1(C(=O)N/N=C\c1ccccc1Cl)C2. The van der Waals surface area contributed by atoms with Crippen molar-refractivity contribution in [3.8, 4) is 0 Å². The van der Waals surface area contributed by atoms with Crippen molar-refractivity contribution in [1.29, 1.82) is 0 Å². The lowest BCUT2D eigenvalue weighted by molar-refractivity contribution is -0.128. The fourth-order valence-corrected chi connectivity index (χ4v) is 4.17. The van der Waals surface area contributed by atoms with E-state index in [0.29, 0.717) is 10.9 Å². The van der Waals surface area contributed by atoms with Crippen molar-refractivity contribution in [2.45, 2.75) is 33.1 Å².